The van der Waals surface area contributed by atoms with Gasteiger partial charge in [0.05, 0.1) is 7.11 Å². The molecular weight excluding hydrogens is 228 g/mol. The highest BCUT2D eigenvalue weighted by molar-refractivity contribution is 5.85. The minimum absolute atomic E-state index is 0.216. The van der Waals surface area contributed by atoms with Crippen molar-refractivity contribution in [3.8, 4) is 0 Å². The van der Waals surface area contributed by atoms with Crippen molar-refractivity contribution < 1.29 is 24.2 Å². The first-order valence-corrected chi connectivity index (χ1v) is 5.16. The molecule has 0 saturated carbocycles. The summed E-state index contributed by atoms with van der Waals surface area (Å²) in [5, 5.41) is 10.9. The van der Waals surface area contributed by atoms with Gasteiger partial charge in [0.2, 0.25) is 0 Å². The number of esters is 1. The molecular formula is C10H18N2O5. The van der Waals surface area contributed by atoms with Crippen LogP contribution < -0.4 is 5.32 Å². The molecule has 2 N–H and O–H groups in total. The molecule has 0 aromatic heterocycles. The lowest BCUT2D eigenvalue weighted by atomic mass is 10.3. The highest BCUT2D eigenvalue weighted by atomic mass is 16.5. The topological polar surface area (TPSA) is 95.9 Å². The van der Waals surface area contributed by atoms with Crippen molar-refractivity contribution >= 4 is 18.0 Å². The van der Waals surface area contributed by atoms with Crippen molar-refractivity contribution in [1.29, 1.82) is 0 Å². The lowest BCUT2D eigenvalue weighted by Gasteiger charge is -2.26. The summed E-state index contributed by atoms with van der Waals surface area (Å²) >= 11 is 0. The first kappa shape index (κ1) is 15.2. The second-order valence-corrected chi connectivity index (χ2v) is 3.81. The minimum Gasteiger partial charge on any atom is -0.480 e. The van der Waals surface area contributed by atoms with Gasteiger partial charge in [-0.05, 0) is 20.8 Å². The molecule has 0 unspecified atom stereocenters. The first-order chi connectivity index (χ1) is 7.79. The van der Waals surface area contributed by atoms with E-state index in [1.54, 1.807) is 13.8 Å². The SMILES string of the molecule is COC(=O)CN(C(=O)N[C@@H](C)C(=O)O)C(C)C. The molecule has 0 bridgehead atoms. The van der Waals surface area contributed by atoms with Crippen LogP contribution in [0.4, 0.5) is 4.79 Å². The van der Waals surface area contributed by atoms with Crippen molar-refractivity contribution in [3.63, 3.8) is 0 Å². The van der Waals surface area contributed by atoms with Crippen LogP contribution in [-0.4, -0.2) is 53.7 Å². The van der Waals surface area contributed by atoms with Gasteiger partial charge >= 0.3 is 18.0 Å². The third-order valence-corrected chi connectivity index (χ3v) is 2.12. The fourth-order valence-electron chi connectivity index (χ4n) is 1.02. The number of carbonyl (C=O) groups excluding carboxylic acids is 2. The van der Waals surface area contributed by atoms with E-state index >= 15 is 0 Å². The Morgan fingerprint density at radius 1 is 1.29 bits per heavy atom. The van der Waals surface area contributed by atoms with Crippen LogP contribution in [0, 0.1) is 0 Å². The molecule has 0 aliphatic carbocycles. The molecule has 0 fully saturated rings. The first-order valence-electron chi connectivity index (χ1n) is 5.16. The third-order valence-electron chi connectivity index (χ3n) is 2.12. The normalized spacial score (nSPS) is 11.8. The number of hydrogen-bond donors (Lipinski definition) is 2. The zero-order valence-electron chi connectivity index (χ0n) is 10.4. The molecule has 0 aromatic rings. The Bertz CT molecular complexity index is 303. The third kappa shape index (κ3) is 5.19. The van der Waals surface area contributed by atoms with E-state index < -0.39 is 24.0 Å². The fraction of sp³-hybridized carbons (Fsp3) is 0.700. The standard InChI is InChI=1S/C10H18N2O5/c1-6(2)12(5-8(13)17-4)10(16)11-7(3)9(14)15/h6-7H,5H2,1-4H3,(H,11,16)(H,14,15)/t7-/m0/s1. The predicted octanol–water partition coefficient (Wildman–Crippen LogP) is 0.0525. The molecule has 0 aliphatic rings. The Morgan fingerprint density at radius 2 is 1.82 bits per heavy atom. The molecule has 0 aromatic carbocycles. The number of ether oxygens (including phenoxy) is 1. The molecule has 0 saturated heterocycles. The smallest absolute Gasteiger partial charge is 0.325 e. The number of hydrogen-bond acceptors (Lipinski definition) is 4. The second kappa shape index (κ2) is 6.72. The summed E-state index contributed by atoms with van der Waals surface area (Å²) in [6, 6.07) is -1.86. The van der Waals surface area contributed by atoms with Gasteiger partial charge in [0, 0.05) is 6.04 Å². The van der Waals surface area contributed by atoms with E-state index in [9.17, 15) is 14.4 Å². The summed E-state index contributed by atoms with van der Waals surface area (Å²) in [5.41, 5.74) is 0. The molecule has 7 nitrogen and oxygen atoms in total. The van der Waals surface area contributed by atoms with Gasteiger partial charge in [0.1, 0.15) is 12.6 Å². The molecule has 2 amide bonds. The Kier molecular flexibility index (Phi) is 6.01. The number of carboxylic acid groups (broad SMARTS) is 1. The van der Waals surface area contributed by atoms with Gasteiger partial charge in [-0.2, -0.15) is 0 Å². The van der Waals surface area contributed by atoms with Crippen LogP contribution >= 0.6 is 0 Å². The van der Waals surface area contributed by atoms with Crippen molar-refractivity contribution in [2.75, 3.05) is 13.7 Å². The highest BCUT2D eigenvalue weighted by Gasteiger charge is 2.23. The highest BCUT2D eigenvalue weighted by Crippen LogP contribution is 2.00. The van der Waals surface area contributed by atoms with E-state index in [0.29, 0.717) is 0 Å². The number of methoxy groups -OCH3 is 1. The van der Waals surface area contributed by atoms with Crippen LogP contribution in [0.1, 0.15) is 20.8 Å². The van der Waals surface area contributed by atoms with Crippen LogP contribution in [0.5, 0.6) is 0 Å². The van der Waals surface area contributed by atoms with E-state index in [4.69, 9.17) is 5.11 Å². The number of nitrogens with one attached hydrogen (secondary N) is 1. The number of nitrogens with zero attached hydrogens (tertiary/aromatic N) is 1. The maximum absolute atomic E-state index is 11.7. The summed E-state index contributed by atoms with van der Waals surface area (Å²) in [7, 11) is 1.22. The Labute approximate surface area is 99.7 Å². The summed E-state index contributed by atoms with van der Waals surface area (Å²) in [6.07, 6.45) is 0. The fourth-order valence-corrected chi connectivity index (χ4v) is 1.02. The largest absolute Gasteiger partial charge is 0.480 e. The van der Waals surface area contributed by atoms with Gasteiger partial charge in [-0.3, -0.25) is 9.59 Å². The molecule has 0 rings (SSSR count). The maximum atomic E-state index is 11.7. The molecule has 0 heterocycles. The van der Waals surface area contributed by atoms with E-state index in [2.05, 4.69) is 10.1 Å². The van der Waals surface area contributed by atoms with Crippen LogP contribution in [0.3, 0.4) is 0 Å². The van der Waals surface area contributed by atoms with Gasteiger partial charge in [0.15, 0.2) is 0 Å². The molecule has 7 heteroatoms. The number of aliphatic carboxylic acids is 1. The number of carboxylic acids is 1. The monoisotopic (exact) mass is 246 g/mol. The molecule has 0 aliphatic heterocycles. The van der Waals surface area contributed by atoms with Gasteiger partial charge in [-0.1, -0.05) is 0 Å². The molecule has 1 atom stereocenters. The number of amides is 2. The Hall–Kier alpha value is -1.79. The molecule has 17 heavy (non-hydrogen) atoms. The van der Waals surface area contributed by atoms with Crippen LogP contribution in [0.15, 0.2) is 0 Å². The van der Waals surface area contributed by atoms with Gasteiger partial charge < -0.3 is 20.1 Å². The number of carbonyl (C=O) groups is 3. The zero-order chi connectivity index (χ0) is 13.6. The van der Waals surface area contributed by atoms with Crippen molar-refractivity contribution in [1.82, 2.24) is 10.2 Å². The van der Waals surface area contributed by atoms with Crippen molar-refractivity contribution in [2.45, 2.75) is 32.9 Å². The van der Waals surface area contributed by atoms with E-state index in [1.807, 2.05) is 0 Å². The lowest BCUT2D eigenvalue weighted by Crippen LogP contribution is -2.50. The molecule has 0 radical (unpaired) electrons. The van der Waals surface area contributed by atoms with Crippen LogP contribution in [-0.2, 0) is 14.3 Å². The zero-order valence-corrected chi connectivity index (χ0v) is 10.4. The van der Waals surface area contributed by atoms with Crippen molar-refractivity contribution in [3.05, 3.63) is 0 Å². The second-order valence-electron chi connectivity index (χ2n) is 3.81. The average molecular weight is 246 g/mol. The van der Waals surface area contributed by atoms with Crippen molar-refractivity contribution in [2.24, 2.45) is 0 Å². The van der Waals surface area contributed by atoms with Gasteiger partial charge in [0.25, 0.3) is 0 Å². The Balaban J connectivity index is 4.55. The van der Waals surface area contributed by atoms with E-state index in [0.717, 1.165) is 0 Å². The summed E-state index contributed by atoms with van der Waals surface area (Å²) in [6.45, 7) is 4.56. The maximum Gasteiger partial charge on any atom is 0.325 e. The van der Waals surface area contributed by atoms with E-state index in [1.165, 1.54) is 18.9 Å². The molecule has 0 spiro atoms. The predicted molar refractivity (Wildman–Crippen MR) is 59.5 cm³/mol. The minimum atomic E-state index is -1.14. The van der Waals surface area contributed by atoms with Gasteiger partial charge in [-0.15, -0.1) is 0 Å². The van der Waals surface area contributed by atoms with E-state index in [-0.39, 0.29) is 12.6 Å². The lowest BCUT2D eigenvalue weighted by molar-refractivity contribution is -0.141. The number of urea groups is 1. The Morgan fingerprint density at radius 3 is 2.18 bits per heavy atom. The molecule has 98 valence electrons. The summed E-state index contributed by atoms with van der Waals surface area (Å²) < 4.78 is 4.46. The quantitative estimate of drug-likeness (QED) is 0.668. The van der Waals surface area contributed by atoms with Crippen LogP contribution in [0.2, 0.25) is 0 Å². The summed E-state index contributed by atoms with van der Waals surface area (Å²) in [5.74, 6) is -1.70. The average Bonchev–Trinajstić information content (AvgIpc) is 2.24. The number of rotatable bonds is 5. The van der Waals surface area contributed by atoms with Crippen LogP contribution in [0.25, 0.3) is 0 Å². The van der Waals surface area contributed by atoms with Gasteiger partial charge in [-0.25, -0.2) is 4.79 Å². The summed E-state index contributed by atoms with van der Waals surface area (Å²) in [4.78, 5) is 34.6.